The molecule has 2 amide bonds. The molecule has 1 aromatic carbocycles. The lowest BCUT2D eigenvalue weighted by molar-refractivity contribution is -0.386. The molecule has 0 unspecified atom stereocenters. The van der Waals surface area contributed by atoms with E-state index in [9.17, 15) is 28.5 Å². The topological polar surface area (TPSA) is 113 Å². The molecule has 0 atom stereocenters. The molecule has 1 heterocycles. The first-order valence-corrected chi connectivity index (χ1v) is 7.09. The van der Waals surface area contributed by atoms with Gasteiger partial charge in [-0.05, 0) is 6.42 Å². The minimum Gasteiger partial charge on any atom is -0.390 e. The summed E-state index contributed by atoms with van der Waals surface area (Å²) in [5.74, 6) is -5.09. The third-order valence-electron chi connectivity index (χ3n) is 3.27. The lowest BCUT2D eigenvalue weighted by Crippen LogP contribution is -2.24. The van der Waals surface area contributed by atoms with Gasteiger partial charge in [-0.3, -0.25) is 19.7 Å². The fraction of sp³-hybridized carbons (Fsp3) is 0.286. The van der Waals surface area contributed by atoms with Crippen molar-refractivity contribution in [2.75, 3.05) is 17.2 Å². The standard InChI is InChI=1S/C14H14F2N4O4/c1-2-3-4-17-6-7-13(21)18-9-5-8(15)10(16)12(20(23)24)11(9)19-14(7)22/h5-6,17H,2-4H2,1H3,(H,18,21)(H,19,22). The minimum absolute atomic E-state index is 0.364. The molecule has 0 bridgehead atoms. The van der Waals surface area contributed by atoms with Crippen LogP contribution in [0.4, 0.5) is 25.8 Å². The number of hydrogen-bond acceptors (Lipinski definition) is 5. The van der Waals surface area contributed by atoms with Gasteiger partial charge in [-0.2, -0.15) is 4.39 Å². The van der Waals surface area contributed by atoms with Crippen molar-refractivity contribution >= 4 is 28.9 Å². The molecular formula is C14H14F2N4O4. The third-order valence-corrected chi connectivity index (χ3v) is 3.27. The fourth-order valence-corrected chi connectivity index (χ4v) is 2.07. The minimum atomic E-state index is -1.72. The zero-order valence-corrected chi connectivity index (χ0v) is 12.6. The van der Waals surface area contributed by atoms with E-state index < -0.39 is 45.4 Å². The van der Waals surface area contributed by atoms with Crippen molar-refractivity contribution in [1.29, 1.82) is 0 Å². The Morgan fingerprint density at radius 2 is 1.96 bits per heavy atom. The van der Waals surface area contributed by atoms with Crippen LogP contribution in [0.15, 0.2) is 17.8 Å². The van der Waals surface area contributed by atoms with Gasteiger partial charge in [-0.25, -0.2) is 4.39 Å². The molecule has 0 spiro atoms. The second kappa shape index (κ2) is 7.02. The van der Waals surface area contributed by atoms with Crippen LogP contribution in [0.1, 0.15) is 19.8 Å². The summed E-state index contributed by atoms with van der Waals surface area (Å²) in [7, 11) is 0. The largest absolute Gasteiger partial charge is 0.390 e. The van der Waals surface area contributed by atoms with Gasteiger partial charge in [0.2, 0.25) is 5.82 Å². The highest BCUT2D eigenvalue weighted by Gasteiger charge is 2.34. The molecule has 1 aromatic rings. The molecule has 0 aromatic heterocycles. The molecule has 1 aliphatic heterocycles. The highest BCUT2D eigenvalue weighted by atomic mass is 19.2. The van der Waals surface area contributed by atoms with Gasteiger partial charge < -0.3 is 16.0 Å². The molecule has 24 heavy (non-hydrogen) atoms. The number of nitro benzene ring substituents is 1. The average Bonchev–Trinajstić information content (AvgIpc) is 2.61. The maximum Gasteiger partial charge on any atom is 0.333 e. The summed E-state index contributed by atoms with van der Waals surface area (Å²) in [4.78, 5) is 34.0. The first kappa shape index (κ1) is 17.3. The van der Waals surface area contributed by atoms with E-state index in [1.54, 1.807) is 0 Å². The molecule has 3 N–H and O–H groups in total. The number of nitro groups is 1. The van der Waals surface area contributed by atoms with E-state index in [0.717, 1.165) is 19.0 Å². The Kier molecular flexibility index (Phi) is 5.07. The summed E-state index contributed by atoms with van der Waals surface area (Å²) in [6.45, 7) is 2.47. The number of fused-ring (bicyclic) bond motifs is 1. The Bertz CT molecular complexity index is 749. The molecule has 0 fully saturated rings. The molecule has 8 nitrogen and oxygen atoms in total. The summed E-state index contributed by atoms with van der Waals surface area (Å²) < 4.78 is 27.2. The molecule has 2 rings (SSSR count). The Hall–Kier alpha value is -3.04. The Morgan fingerprint density at radius 3 is 2.58 bits per heavy atom. The van der Waals surface area contributed by atoms with Crippen molar-refractivity contribution < 1.29 is 23.3 Å². The quantitative estimate of drug-likeness (QED) is 0.250. The lowest BCUT2D eigenvalue weighted by Gasteiger charge is -2.08. The average molecular weight is 340 g/mol. The van der Waals surface area contributed by atoms with E-state index in [1.165, 1.54) is 0 Å². The van der Waals surface area contributed by atoms with Crippen LogP contribution in [0, 0.1) is 21.7 Å². The number of halogens is 2. The summed E-state index contributed by atoms with van der Waals surface area (Å²) >= 11 is 0. The summed E-state index contributed by atoms with van der Waals surface area (Å²) in [6, 6.07) is 0.573. The van der Waals surface area contributed by atoms with Gasteiger partial charge in [-0.15, -0.1) is 0 Å². The van der Waals surface area contributed by atoms with Crippen molar-refractivity contribution in [1.82, 2.24) is 5.32 Å². The van der Waals surface area contributed by atoms with Crippen molar-refractivity contribution in [2.45, 2.75) is 19.8 Å². The van der Waals surface area contributed by atoms with Gasteiger partial charge in [0, 0.05) is 18.8 Å². The number of carbonyl (C=O) groups excluding carboxylic acids is 2. The third kappa shape index (κ3) is 3.31. The summed E-state index contributed by atoms with van der Waals surface area (Å²) in [6.07, 6.45) is 2.85. The molecule has 10 heteroatoms. The fourth-order valence-electron chi connectivity index (χ4n) is 2.07. The number of rotatable bonds is 5. The van der Waals surface area contributed by atoms with Crippen LogP contribution in [0.25, 0.3) is 0 Å². The highest BCUT2D eigenvalue weighted by molar-refractivity contribution is 6.29. The van der Waals surface area contributed by atoms with Crippen molar-refractivity contribution in [3.8, 4) is 0 Å². The smallest absolute Gasteiger partial charge is 0.333 e. The molecule has 0 saturated carbocycles. The number of anilines is 2. The van der Waals surface area contributed by atoms with Crippen LogP contribution in [0.3, 0.4) is 0 Å². The Balaban J connectivity index is 2.43. The zero-order chi connectivity index (χ0) is 17.9. The van der Waals surface area contributed by atoms with Crippen LogP contribution < -0.4 is 16.0 Å². The van der Waals surface area contributed by atoms with Gasteiger partial charge in [0.25, 0.3) is 11.8 Å². The summed E-state index contributed by atoms with van der Waals surface area (Å²) in [5, 5.41) is 18.0. The van der Waals surface area contributed by atoms with Crippen LogP contribution in [0.5, 0.6) is 0 Å². The predicted octanol–water partition coefficient (Wildman–Crippen LogP) is 2.04. The van der Waals surface area contributed by atoms with E-state index in [2.05, 4.69) is 16.0 Å². The maximum absolute atomic E-state index is 13.7. The number of amides is 2. The van der Waals surface area contributed by atoms with Gasteiger partial charge >= 0.3 is 5.69 Å². The highest BCUT2D eigenvalue weighted by Crippen LogP contribution is 2.38. The molecular weight excluding hydrogens is 326 g/mol. The van der Waals surface area contributed by atoms with Gasteiger partial charge in [0.15, 0.2) is 5.82 Å². The van der Waals surface area contributed by atoms with Crippen molar-refractivity contribution in [3.05, 3.63) is 39.6 Å². The van der Waals surface area contributed by atoms with Gasteiger partial charge in [-0.1, -0.05) is 13.3 Å². The van der Waals surface area contributed by atoms with Gasteiger partial charge in [0.05, 0.1) is 10.6 Å². The lowest BCUT2D eigenvalue weighted by atomic mass is 10.2. The van der Waals surface area contributed by atoms with Crippen LogP contribution in [0.2, 0.25) is 0 Å². The molecule has 1 aliphatic rings. The number of carbonyl (C=O) groups is 2. The predicted molar refractivity (Wildman–Crippen MR) is 81.3 cm³/mol. The number of nitrogens with zero attached hydrogens (tertiary/aromatic N) is 1. The van der Waals surface area contributed by atoms with E-state index in [1.807, 2.05) is 6.92 Å². The van der Waals surface area contributed by atoms with E-state index in [0.29, 0.717) is 12.6 Å². The van der Waals surface area contributed by atoms with Crippen molar-refractivity contribution in [2.24, 2.45) is 0 Å². The van der Waals surface area contributed by atoms with Crippen molar-refractivity contribution in [3.63, 3.8) is 0 Å². The monoisotopic (exact) mass is 340 g/mol. The maximum atomic E-state index is 13.7. The normalized spacial score (nSPS) is 15.4. The van der Waals surface area contributed by atoms with E-state index in [4.69, 9.17) is 0 Å². The Labute approximate surface area is 135 Å². The summed E-state index contributed by atoms with van der Waals surface area (Å²) in [5.41, 5.74) is -2.61. The number of hydrogen-bond donors (Lipinski definition) is 3. The second-order valence-electron chi connectivity index (χ2n) is 4.97. The number of unbranched alkanes of at least 4 members (excludes halogenated alkanes) is 1. The van der Waals surface area contributed by atoms with Crippen LogP contribution in [-0.2, 0) is 9.59 Å². The van der Waals surface area contributed by atoms with Crippen LogP contribution >= 0.6 is 0 Å². The van der Waals surface area contributed by atoms with E-state index >= 15 is 0 Å². The Morgan fingerprint density at radius 1 is 1.29 bits per heavy atom. The molecule has 128 valence electrons. The van der Waals surface area contributed by atoms with E-state index in [-0.39, 0.29) is 5.57 Å². The molecule has 0 radical (unpaired) electrons. The number of benzene rings is 1. The first-order chi connectivity index (χ1) is 11.4. The molecule has 0 saturated heterocycles. The second-order valence-corrected chi connectivity index (χ2v) is 4.97. The molecule has 0 aliphatic carbocycles. The van der Waals surface area contributed by atoms with Gasteiger partial charge in [0.1, 0.15) is 11.3 Å². The SMILES string of the molecule is CCCCNC=C1C(=O)Nc2cc(F)c(F)c([N+](=O)[O-])c2NC1=O. The zero-order valence-electron chi connectivity index (χ0n) is 12.6. The van der Waals surface area contributed by atoms with Crippen LogP contribution in [-0.4, -0.2) is 23.3 Å². The number of nitrogens with one attached hydrogen (secondary N) is 3. The first-order valence-electron chi connectivity index (χ1n) is 7.09.